The minimum Gasteiger partial charge on any atom is -0.497 e. The number of hydrogen-bond acceptors (Lipinski definition) is 4. The molecule has 1 atom stereocenters. The van der Waals surface area contributed by atoms with Gasteiger partial charge in [0.25, 0.3) is 0 Å². The van der Waals surface area contributed by atoms with Gasteiger partial charge in [-0.15, -0.1) is 0 Å². The fourth-order valence-corrected chi connectivity index (χ4v) is 4.37. The van der Waals surface area contributed by atoms with Crippen molar-refractivity contribution in [2.24, 2.45) is 11.7 Å². The highest BCUT2D eigenvalue weighted by molar-refractivity contribution is 6.03. The lowest BCUT2D eigenvalue weighted by molar-refractivity contribution is 0.100. The molecule has 1 fully saturated rings. The molecule has 1 amide bonds. The molecule has 4 rings (SSSR count). The van der Waals surface area contributed by atoms with Gasteiger partial charge in [0.15, 0.2) is 0 Å². The summed E-state index contributed by atoms with van der Waals surface area (Å²) in [6.07, 6.45) is 3.10. The van der Waals surface area contributed by atoms with Crippen molar-refractivity contribution in [3.8, 4) is 5.75 Å². The molecule has 0 saturated carbocycles. The number of primary amides is 1. The fourth-order valence-electron chi connectivity index (χ4n) is 4.37. The number of nitrogens with one attached hydrogen (secondary N) is 1. The van der Waals surface area contributed by atoms with Crippen molar-refractivity contribution in [1.29, 1.82) is 5.41 Å². The van der Waals surface area contributed by atoms with Crippen LogP contribution in [0.2, 0.25) is 0 Å². The molecule has 0 radical (unpaired) electrons. The smallest absolute Gasteiger partial charge is 0.248 e. The highest BCUT2D eigenvalue weighted by Crippen LogP contribution is 2.26. The van der Waals surface area contributed by atoms with Crippen LogP contribution in [0.3, 0.4) is 0 Å². The van der Waals surface area contributed by atoms with Crippen LogP contribution in [0.4, 0.5) is 0 Å². The topological polar surface area (TPSA) is 79.4 Å². The van der Waals surface area contributed by atoms with Crippen molar-refractivity contribution in [1.82, 2.24) is 4.90 Å². The van der Waals surface area contributed by atoms with Gasteiger partial charge in [0.2, 0.25) is 5.91 Å². The first-order valence-electron chi connectivity index (χ1n) is 10.8. The number of piperidine rings is 1. The Morgan fingerprint density at radius 3 is 2.52 bits per heavy atom. The van der Waals surface area contributed by atoms with Crippen molar-refractivity contribution in [3.63, 3.8) is 0 Å². The molecule has 1 saturated heterocycles. The third-order valence-electron chi connectivity index (χ3n) is 6.23. The van der Waals surface area contributed by atoms with Crippen LogP contribution in [0.15, 0.2) is 60.7 Å². The minimum atomic E-state index is -0.392. The second-order valence-corrected chi connectivity index (χ2v) is 8.29. The maximum Gasteiger partial charge on any atom is 0.248 e. The van der Waals surface area contributed by atoms with E-state index in [9.17, 15) is 4.79 Å². The monoisotopic (exact) mass is 415 g/mol. The van der Waals surface area contributed by atoms with Crippen molar-refractivity contribution < 1.29 is 9.53 Å². The number of nitrogens with zero attached hydrogens (tertiary/aromatic N) is 1. The van der Waals surface area contributed by atoms with E-state index in [1.807, 2.05) is 24.3 Å². The number of rotatable bonds is 7. The largest absolute Gasteiger partial charge is 0.497 e. The summed E-state index contributed by atoms with van der Waals surface area (Å²) in [5.41, 5.74) is 8.80. The molecule has 5 heteroatoms. The molecule has 3 aromatic carbocycles. The van der Waals surface area contributed by atoms with E-state index < -0.39 is 5.91 Å². The van der Waals surface area contributed by atoms with Crippen molar-refractivity contribution >= 4 is 22.4 Å². The Labute approximate surface area is 183 Å². The van der Waals surface area contributed by atoms with Crippen LogP contribution in [0.1, 0.15) is 34.3 Å². The van der Waals surface area contributed by atoms with Gasteiger partial charge in [-0.2, -0.15) is 0 Å². The maximum atomic E-state index is 11.2. The van der Waals surface area contributed by atoms with E-state index in [1.165, 1.54) is 5.56 Å². The van der Waals surface area contributed by atoms with Gasteiger partial charge in [0.05, 0.1) is 7.11 Å². The van der Waals surface area contributed by atoms with Gasteiger partial charge in [-0.1, -0.05) is 30.3 Å². The number of methoxy groups -OCH3 is 1. The Balaban J connectivity index is 1.39. The number of fused-ring (bicyclic) bond motifs is 1. The molecule has 160 valence electrons. The normalized spacial score (nSPS) is 16.9. The molecule has 3 aromatic rings. The van der Waals surface area contributed by atoms with E-state index in [2.05, 4.69) is 29.2 Å². The van der Waals surface area contributed by atoms with Crippen LogP contribution in [0.25, 0.3) is 10.8 Å². The molecule has 0 aliphatic carbocycles. The van der Waals surface area contributed by atoms with Gasteiger partial charge in [0, 0.05) is 30.3 Å². The molecule has 1 unspecified atom stereocenters. The molecule has 5 nitrogen and oxygen atoms in total. The molecule has 0 spiro atoms. The predicted molar refractivity (Wildman–Crippen MR) is 125 cm³/mol. The fraction of sp³-hybridized carbons (Fsp3) is 0.308. The number of nitrogens with two attached hydrogens (primary N) is 1. The van der Waals surface area contributed by atoms with Crippen molar-refractivity contribution in [2.75, 3.05) is 26.7 Å². The van der Waals surface area contributed by atoms with E-state index in [1.54, 1.807) is 19.2 Å². The molecule has 1 aliphatic rings. The SMILES string of the molecule is COc1ccc2cc(C(=N)C3CCCN(CCc4ccc(C(N)=O)cc4)C3)ccc2c1. The van der Waals surface area contributed by atoms with Crippen LogP contribution in [-0.4, -0.2) is 43.3 Å². The second-order valence-electron chi connectivity index (χ2n) is 8.29. The lowest BCUT2D eigenvalue weighted by Gasteiger charge is -2.33. The van der Waals surface area contributed by atoms with Crippen LogP contribution in [0.5, 0.6) is 5.75 Å². The Kier molecular flexibility index (Phi) is 6.33. The van der Waals surface area contributed by atoms with E-state index in [4.69, 9.17) is 15.9 Å². The van der Waals surface area contributed by atoms with Gasteiger partial charge >= 0.3 is 0 Å². The second kappa shape index (κ2) is 9.31. The molecule has 1 aliphatic heterocycles. The summed E-state index contributed by atoms with van der Waals surface area (Å²) < 4.78 is 5.31. The number of amides is 1. The first kappa shape index (κ1) is 21.1. The average Bonchev–Trinajstić information content (AvgIpc) is 2.82. The molecular weight excluding hydrogens is 386 g/mol. The molecule has 31 heavy (non-hydrogen) atoms. The van der Waals surface area contributed by atoms with Crippen LogP contribution >= 0.6 is 0 Å². The highest BCUT2D eigenvalue weighted by atomic mass is 16.5. The number of benzene rings is 3. The Bertz CT molecular complexity index is 1090. The predicted octanol–water partition coefficient (Wildman–Crippen LogP) is 4.27. The number of carbonyl (C=O) groups is 1. The van der Waals surface area contributed by atoms with Gasteiger partial charge in [-0.25, -0.2) is 0 Å². The summed E-state index contributed by atoms with van der Waals surface area (Å²) in [5, 5.41) is 11.1. The Hall–Kier alpha value is -3.18. The first-order chi connectivity index (χ1) is 15.0. The summed E-state index contributed by atoms with van der Waals surface area (Å²) in [7, 11) is 1.68. The summed E-state index contributed by atoms with van der Waals surface area (Å²) >= 11 is 0. The number of carbonyl (C=O) groups excluding carboxylic acids is 1. The van der Waals surface area contributed by atoms with E-state index >= 15 is 0 Å². The first-order valence-corrected chi connectivity index (χ1v) is 10.8. The average molecular weight is 416 g/mol. The summed E-state index contributed by atoms with van der Waals surface area (Å²) in [6.45, 7) is 2.94. The van der Waals surface area contributed by atoms with Crippen LogP contribution in [0, 0.1) is 11.3 Å². The summed E-state index contributed by atoms with van der Waals surface area (Å²) in [4.78, 5) is 13.7. The van der Waals surface area contributed by atoms with E-state index in [0.717, 1.165) is 66.7 Å². The lowest BCUT2D eigenvalue weighted by Crippen LogP contribution is -2.39. The van der Waals surface area contributed by atoms with Gasteiger partial charge in [-0.3, -0.25) is 4.79 Å². The van der Waals surface area contributed by atoms with E-state index in [0.29, 0.717) is 5.56 Å². The third kappa shape index (κ3) is 4.94. The van der Waals surface area contributed by atoms with Crippen molar-refractivity contribution in [3.05, 3.63) is 77.4 Å². The summed E-state index contributed by atoms with van der Waals surface area (Å²) in [5.74, 6) is 0.709. The molecule has 1 heterocycles. The number of hydrogen-bond donors (Lipinski definition) is 2. The molecule has 0 aromatic heterocycles. The quantitative estimate of drug-likeness (QED) is 0.566. The zero-order chi connectivity index (χ0) is 21.8. The Morgan fingerprint density at radius 2 is 1.77 bits per heavy atom. The lowest BCUT2D eigenvalue weighted by atomic mass is 9.88. The zero-order valence-electron chi connectivity index (χ0n) is 17.9. The number of ether oxygens (including phenoxy) is 1. The van der Waals surface area contributed by atoms with Gasteiger partial charge < -0.3 is 20.8 Å². The van der Waals surface area contributed by atoms with Crippen LogP contribution in [-0.2, 0) is 6.42 Å². The minimum absolute atomic E-state index is 0.252. The summed E-state index contributed by atoms with van der Waals surface area (Å²) in [6, 6.07) is 19.9. The highest BCUT2D eigenvalue weighted by Gasteiger charge is 2.24. The molecular formula is C26H29N3O2. The van der Waals surface area contributed by atoms with E-state index in [-0.39, 0.29) is 5.92 Å². The van der Waals surface area contributed by atoms with Crippen molar-refractivity contribution in [2.45, 2.75) is 19.3 Å². The standard InChI is InChI=1S/C26H29N3O2/c1-31-24-11-10-20-15-22(9-8-21(20)16-24)25(27)23-3-2-13-29(17-23)14-12-18-4-6-19(7-5-18)26(28)30/h4-11,15-16,23,27H,2-3,12-14,17H2,1H3,(H2,28,30). The molecule has 3 N–H and O–H groups in total. The van der Waals surface area contributed by atoms with Gasteiger partial charge in [-0.05, 0) is 78.0 Å². The maximum absolute atomic E-state index is 11.2. The Morgan fingerprint density at radius 1 is 1.06 bits per heavy atom. The third-order valence-corrected chi connectivity index (χ3v) is 6.23. The van der Waals surface area contributed by atoms with Gasteiger partial charge in [0.1, 0.15) is 5.75 Å². The zero-order valence-corrected chi connectivity index (χ0v) is 17.9. The van der Waals surface area contributed by atoms with Crippen LogP contribution < -0.4 is 10.5 Å². The molecule has 0 bridgehead atoms. The number of likely N-dealkylation sites (tertiary alicyclic amines) is 1.